The van der Waals surface area contributed by atoms with Crippen LogP contribution in [0, 0.1) is 19.8 Å². The summed E-state index contributed by atoms with van der Waals surface area (Å²) in [6.45, 7) is 10.7. The fourth-order valence-electron chi connectivity index (χ4n) is 2.93. The van der Waals surface area contributed by atoms with Crippen LogP contribution in [0.5, 0.6) is 0 Å². The Hall–Kier alpha value is -1.00. The second kappa shape index (κ2) is 6.84. The van der Waals surface area contributed by atoms with Crippen molar-refractivity contribution in [3.05, 3.63) is 22.8 Å². The first-order chi connectivity index (χ1) is 9.98. The van der Waals surface area contributed by atoms with Gasteiger partial charge < -0.3 is 10.1 Å². The summed E-state index contributed by atoms with van der Waals surface area (Å²) in [5, 5.41) is 3.49. The van der Waals surface area contributed by atoms with Crippen molar-refractivity contribution in [3.8, 4) is 0 Å². The van der Waals surface area contributed by atoms with Crippen LogP contribution in [-0.4, -0.2) is 30.2 Å². The highest BCUT2D eigenvalue weighted by atomic mass is 16.5. The van der Waals surface area contributed by atoms with Crippen molar-refractivity contribution in [1.29, 1.82) is 0 Å². The lowest BCUT2D eigenvalue weighted by Crippen LogP contribution is -2.38. The zero-order valence-electron chi connectivity index (χ0n) is 14.1. The third-order valence-electron chi connectivity index (χ3n) is 4.48. The quantitative estimate of drug-likeness (QED) is 0.785. The molecule has 0 radical (unpaired) electrons. The fraction of sp³-hybridized carbons (Fsp3) is 0.765. The van der Waals surface area contributed by atoms with E-state index in [-0.39, 0.29) is 5.60 Å². The molecule has 1 heterocycles. The molecule has 1 aromatic rings. The fourth-order valence-corrected chi connectivity index (χ4v) is 2.93. The van der Waals surface area contributed by atoms with E-state index in [0.29, 0.717) is 5.92 Å². The molecule has 0 aromatic carbocycles. The molecule has 0 amide bonds. The zero-order valence-corrected chi connectivity index (χ0v) is 14.1. The molecule has 0 saturated heterocycles. The zero-order chi connectivity index (χ0) is 15.5. The van der Waals surface area contributed by atoms with Crippen molar-refractivity contribution < 1.29 is 4.74 Å². The Morgan fingerprint density at radius 3 is 2.24 bits per heavy atom. The van der Waals surface area contributed by atoms with Gasteiger partial charge in [0.1, 0.15) is 5.60 Å². The Kier molecular flexibility index (Phi) is 5.33. The number of aromatic nitrogens is 2. The van der Waals surface area contributed by atoms with Crippen LogP contribution in [0.15, 0.2) is 0 Å². The van der Waals surface area contributed by atoms with Gasteiger partial charge in [-0.25, -0.2) is 9.97 Å². The number of aryl methyl sites for hydroxylation is 2. The molecular weight excluding hydrogens is 262 g/mol. The first-order valence-corrected chi connectivity index (χ1v) is 8.09. The van der Waals surface area contributed by atoms with E-state index in [4.69, 9.17) is 14.7 Å². The minimum absolute atomic E-state index is 0.218. The van der Waals surface area contributed by atoms with E-state index in [2.05, 4.69) is 33.0 Å². The number of rotatable bonds is 7. The molecule has 21 heavy (non-hydrogen) atoms. The van der Waals surface area contributed by atoms with Crippen molar-refractivity contribution in [1.82, 2.24) is 15.3 Å². The Labute approximate surface area is 128 Å². The first kappa shape index (κ1) is 16.4. The Bertz CT molecular complexity index is 452. The normalized spacial score (nSPS) is 17.0. The Balaban J connectivity index is 2.07. The van der Waals surface area contributed by atoms with Gasteiger partial charge in [0.25, 0.3) is 0 Å². The molecule has 1 N–H and O–H groups in total. The van der Waals surface area contributed by atoms with Crippen LogP contribution in [0.4, 0.5) is 0 Å². The lowest BCUT2D eigenvalue weighted by molar-refractivity contribution is -0.0848. The molecule has 1 fully saturated rings. The number of methoxy groups -OCH3 is 1. The summed E-state index contributed by atoms with van der Waals surface area (Å²) in [6.07, 6.45) is 4.27. The summed E-state index contributed by atoms with van der Waals surface area (Å²) in [5.74, 6) is 1.57. The van der Waals surface area contributed by atoms with Gasteiger partial charge in [0.15, 0.2) is 5.82 Å². The molecule has 2 rings (SSSR count). The van der Waals surface area contributed by atoms with Crippen LogP contribution in [-0.2, 0) is 16.8 Å². The number of hydrogen-bond acceptors (Lipinski definition) is 4. The van der Waals surface area contributed by atoms with Gasteiger partial charge in [0, 0.05) is 18.5 Å². The van der Waals surface area contributed by atoms with Gasteiger partial charge in [-0.3, -0.25) is 0 Å². The van der Waals surface area contributed by atoms with Crippen molar-refractivity contribution in [2.24, 2.45) is 5.92 Å². The average Bonchev–Trinajstić information content (AvgIpc) is 2.36. The number of ether oxygens (including phenoxy) is 1. The summed E-state index contributed by atoms with van der Waals surface area (Å²) >= 11 is 0. The summed E-state index contributed by atoms with van der Waals surface area (Å²) in [4.78, 5) is 9.50. The standard InChI is InChI=1S/C17H29N3O/c1-12(2)11-18-10-7-15-13(3)19-16(20-14(15)4)17(21-5)8-6-9-17/h12,18H,6-11H2,1-5H3. The van der Waals surface area contributed by atoms with Crippen LogP contribution in [0.25, 0.3) is 0 Å². The molecule has 0 atom stereocenters. The monoisotopic (exact) mass is 291 g/mol. The maximum Gasteiger partial charge on any atom is 0.160 e. The average molecular weight is 291 g/mol. The molecule has 1 aliphatic carbocycles. The molecule has 1 aromatic heterocycles. The van der Waals surface area contributed by atoms with Crippen molar-refractivity contribution in [3.63, 3.8) is 0 Å². The van der Waals surface area contributed by atoms with Crippen LogP contribution in [0.2, 0.25) is 0 Å². The highest BCUT2D eigenvalue weighted by Crippen LogP contribution is 2.42. The van der Waals surface area contributed by atoms with Gasteiger partial charge in [-0.2, -0.15) is 0 Å². The third kappa shape index (κ3) is 3.61. The SMILES string of the molecule is COC1(c2nc(C)c(CCNCC(C)C)c(C)n2)CCC1. The molecule has 0 spiro atoms. The van der Waals surface area contributed by atoms with Gasteiger partial charge in [-0.1, -0.05) is 13.8 Å². The third-order valence-corrected chi connectivity index (χ3v) is 4.48. The highest BCUT2D eigenvalue weighted by molar-refractivity contribution is 5.27. The van der Waals surface area contributed by atoms with Gasteiger partial charge in [-0.15, -0.1) is 0 Å². The van der Waals surface area contributed by atoms with E-state index < -0.39 is 0 Å². The molecule has 0 unspecified atom stereocenters. The van der Waals surface area contributed by atoms with Crippen LogP contribution < -0.4 is 5.32 Å². The smallest absolute Gasteiger partial charge is 0.160 e. The van der Waals surface area contributed by atoms with E-state index in [1.165, 1.54) is 12.0 Å². The number of hydrogen-bond donors (Lipinski definition) is 1. The van der Waals surface area contributed by atoms with Crippen molar-refractivity contribution >= 4 is 0 Å². The van der Waals surface area contributed by atoms with Crippen molar-refractivity contribution in [2.45, 2.75) is 59.0 Å². The summed E-state index contributed by atoms with van der Waals surface area (Å²) in [7, 11) is 1.77. The summed E-state index contributed by atoms with van der Waals surface area (Å²) < 4.78 is 5.70. The van der Waals surface area contributed by atoms with Gasteiger partial charge in [-0.05, 0) is 64.1 Å². The first-order valence-electron chi connectivity index (χ1n) is 8.09. The maximum atomic E-state index is 5.70. The van der Waals surface area contributed by atoms with E-state index >= 15 is 0 Å². The van der Waals surface area contributed by atoms with Gasteiger partial charge in [0.2, 0.25) is 0 Å². The lowest BCUT2D eigenvalue weighted by atomic mass is 9.79. The van der Waals surface area contributed by atoms with Gasteiger partial charge >= 0.3 is 0 Å². The molecule has 118 valence electrons. The highest BCUT2D eigenvalue weighted by Gasteiger charge is 2.42. The second-order valence-corrected chi connectivity index (χ2v) is 6.60. The summed E-state index contributed by atoms with van der Waals surface area (Å²) in [5.41, 5.74) is 3.27. The Morgan fingerprint density at radius 2 is 1.81 bits per heavy atom. The topological polar surface area (TPSA) is 47.0 Å². The molecule has 0 aliphatic heterocycles. The second-order valence-electron chi connectivity index (χ2n) is 6.60. The predicted octanol–water partition coefficient (Wildman–Crippen LogP) is 2.91. The van der Waals surface area contributed by atoms with Crippen molar-refractivity contribution in [2.75, 3.05) is 20.2 Å². The van der Waals surface area contributed by atoms with Crippen LogP contribution >= 0.6 is 0 Å². The minimum atomic E-state index is -0.218. The number of nitrogens with one attached hydrogen (secondary N) is 1. The molecule has 4 heteroatoms. The minimum Gasteiger partial charge on any atom is -0.370 e. The number of nitrogens with zero attached hydrogens (tertiary/aromatic N) is 2. The maximum absolute atomic E-state index is 5.70. The lowest BCUT2D eigenvalue weighted by Gasteiger charge is -2.39. The Morgan fingerprint density at radius 1 is 1.19 bits per heavy atom. The van der Waals surface area contributed by atoms with Crippen LogP contribution in [0.3, 0.4) is 0 Å². The molecule has 1 saturated carbocycles. The molecule has 0 bridgehead atoms. The summed E-state index contributed by atoms with van der Waals surface area (Å²) in [6, 6.07) is 0. The van der Waals surface area contributed by atoms with E-state index in [0.717, 1.165) is 49.6 Å². The van der Waals surface area contributed by atoms with E-state index in [1.54, 1.807) is 7.11 Å². The van der Waals surface area contributed by atoms with E-state index in [1.807, 2.05) is 0 Å². The largest absolute Gasteiger partial charge is 0.370 e. The van der Waals surface area contributed by atoms with Crippen LogP contribution in [0.1, 0.15) is 55.9 Å². The van der Waals surface area contributed by atoms with E-state index in [9.17, 15) is 0 Å². The predicted molar refractivity (Wildman–Crippen MR) is 85.5 cm³/mol. The molecular formula is C17H29N3O. The van der Waals surface area contributed by atoms with Gasteiger partial charge in [0.05, 0.1) is 0 Å². The molecule has 4 nitrogen and oxygen atoms in total. The molecule has 1 aliphatic rings.